The Morgan fingerprint density at radius 3 is 2.71 bits per heavy atom. The van der Waals surface area contributed by atoms with Crippen LogP contribution in [0.15, 0.2) is 5.16 Å². The fourth-order valence-electron chi connectivity index (χ4n) is 1.32. The molecule has 6 nitrogen and oxygen atoms in total. The van der Waals surface area contributed by atoms with Crippen LogP contribution in [-0.4, -0.2) is 36.7 Å². The zero-order chi connectivity index (χ0) is 13.1. The molecule has 0 heterocycles. The highest BCUT2D eigenvalue weighted by molar-refractivity contribution is 6.01. The Kier molecular flexibility index (Phi) is 9.14. The van der Waals surface area contributed by atoms with Crippen molar-refractivity contribution in [2.45, 2.75) is 33.1 Å². The zero-order valence-electron chi connectivity index (χ0n) is 10.6. The average Bonchev–Trinajstić information content (AvgIpc) is 2.34. The molecule has 0 aliphatic rings. The van der Waals surface area contributed by atoms with Gasteiger partial charge in [0.25, 0.3) is 0 Å². The molecule has 0 radical (unpaired) electrons. The van der Waals surface area contributed by atoms with Crippen LogP contribution in [0.1, 0.15) is 33.1 Å². The van der Waals surface area contributed by atoms with Crippen molar-refractivity contribution in [3.63, 3.8) is 0 Å². The summed E-state index contributed by atoms with van der Waals surface area (Å²) in [6.07, 6.45) is 2.61. The van der Waals surface area contributed by atoms with Crippen LogP contribution in [0.5, 0.6) is 0 Å². The summed E-state index contributed by atoms with van der Waals surface area (Å²) >= 11 is 0. The van der Waals surface area contributed by atoms with E-state index >= 15 is 0 Å². The van der Waals surface area contributed by atoms with Gasteiger partial charge in [0.2, 0.25) is 5.91 Å². The Labute approximate surface area is 102 Å². The van der Waals surface area contributed by atoms with E-state index in [-0.39, 0.29) is 11.7 Å². The summed E-state index contributed by atoms with van der Waals surface area (Å²) in [5.74, 6) is -0.866. The van der Waals surface area contributed by atoms with Crippen molar-refractivity contribution in [2.24, 2.45) is 16.8 Å². The number of amides is 1. The first kappa shape index (κ1) is 15.7. The third-order valence-corrected chi connectivity index (χ3v) is 2.39. The molecule has 0 saturated heterocycles. The summed E-state index contributed by atoms with van der Waals surface area (Å²) in [6.45, 7) is 5.54. The summed E-state index contributed by atoms with van der Waals surface area (Å²) in [5, 5.41) is 14.1. The molecule has 0 aromatic heterocycles. The first-order chi connectivity index (χ1) is 8.17. The van der Waals surface area contributed by atoms with Gasteiger partial charge in [-0.1, -0.05) is 25.4 Å². The fourth-order valence-corrected chi connectivity index (χ4v) is 1.32. The van der Waals surface area contributed by atoms with E-state index < -0.39 is 5.92 Å². The Morgan fingerprint density at radius 2 is 2.18 bits per heavy atom. The van der Waals surface area contributed by atoms with Crippen LogP contribution in [0, 0.1) is 5.92 Å². The third kappa shape index (κ3) is 6.78. The number of oxime groups is 1. The molecule has 6 heteroatoms. The molecule has 1 atom stereocenters. The molecule has 0 bridgehead atoms. The average molecular weight is 245 g/mol. The van der Waals surface area contributed by atoms with Crippen LogP contribution >= 0.6 is 0 Å². The summed E-state index contributed by atoms with van der Waals surface area (Å²) in [6, 6.07) is 0. The maximum absolute atomic E-state index is 11.6. The smallest absolute Gasteiger partial charge is 0.230 e. The summed E-state index contributed by atoms with van der Waals surface area (Å²) in [7, 11) is 0. The van der Waals surface area contributed by atoms with Crippen LogP contribution in [-0.2, 0) is 9.53 Å². The highest BCUT2D eigenvalue weighted by atomic mass is 16.5. The number of nitrogens with zero attached hydrogens (tertiary/aromatic N) is 1. The van der Waals surface area contributed by atoms with Gasteiger partial charge in [0.1, 0.15) is 0 Å². The van der Waals surface area contributed by atoms with Crippen molar-refractivity contribution in [3.8, 4) is 0 Å². The molecule has 0 rings (SSSR count). The molecule has 0 fully saturated rings. The number of ether oxygens (including phenoxy) is 1. The predicted molar refractivity (Wildman–Crippen MR) is 65.9 cm³/mol. The van der Waals surface area contributed by atoms with Crippen molar-refractivity contribution in [1.29, 1.82) is 0 Å². The minimum Gasteiger partial charge on any atom is -0.409 e. The molecule has 0 spiro atoms. The van der Waals surface area contributed by atoms with Gasteiger partial charge in [-0.25, -0.2) is 0 Å². The molecule has 17 heavy (non-hydrogen) atoms. The first-order valence-corrected chi connectivity index (χ1v) is 6.00. The maximum Gasteiger partial charge on any atom is 0.230 e. The number of amidine groups is 1. The predicted octanol–water partition coefficient (Wildman–Crippen LogP) is 0.692. The molecule has 0 aromatic rings. The normalized spacial score (nSPS) is 13.4. The highest BCUT2D eigenvalue weighted by Crippen LogP contribution is 2.02. The van der Waals surface area contributed by atoms with Crippen molar-refractivity contribution >= 4 is 11.7 Å². The number of unbranched alkanes of at least 4 members (excludes halogenated alkanes) is 1. The molecular weight excluding hydrogens is 222 g/mol. The van der Waals surface area contributed by atoms with Crippen molar-refractivity contribution in [3.05, 3.63) is 0 Å². The molecule has 0 aliphatic heterocycles. The first-order valence-electron chi connectivity index (χ1n) is 6.00. The number of hydrogen-bond acceptors (Lipinski definition) is 4. The van der Waals surface area contributed by atoms with Gasteiger partial charge in [-0.3, -0.25) is 4.79 Å². The molecule has 1 amide bonds. The van der Waals surface area contributed by atoms with Gasteiger partial charge in [-0.05, 0) is 12.8 Å². The quantitative estimate of drug-likeness (QED) is 0.183. The lowest BCUT2D eigenvalue weighted by atomic mass is 10.1. The highest BCUT2D eigenvalue weighted by Gasteiger charge is 2.20. The van der Waals surface area contributed by atoms with Gasteiger partial charge < -0.3 is 21.0 Å². The molecule has 4 N–H and O–H groups in total. The Morgan fingerprint density at radius 1 is 1.47 bits per heavy atom. The van der Waals surface area contributed by atoms with Crippen LogP contribution < -0.4 is 11.1 Å². The van der Waals surface area contributed by atoms with E-state index in [9.17, 15) is 4.79 Å². The largest absolute Gasteiger partial charge is 0.409 e. The van der Waals surface area contributed by atoms with Gasteiger partial charge in [0, 0.05) is 13.2 Å². The van der Waals surface area contributed by atoms with Crippen LogP contribution in [0.4, 0.5) is 0 Å². The van der Waals surface area contributed by atoms with Gasteiger partial charge in [-0.15, -0.1) is 0 Å². The molecule has 0 aromatic carbocycles. The van der Waals surface area contributed by atoms with Gasteiger partial charge in [0.15, 0.2) is 5.84 Å². The second-order valence-corrected chi connectivity index (χ2v) is 3.74. The third-order valence-electron chi connectivity index (χ3n) is 2.39. The Bertz CT molecular complexity index is 244. The van der Waals surface area contributed by atoms with Crippen LogP contribution in [0.25, 0.3) is 0 Å². The minimum absolute atomic E-state index is 0.0584. The number of carbonyl (C=O) groups is 1. The fraction of sp³-hybridized carbons (Fsp3) is 0.818. The van der Waals surface area contributed by atoms with Gasteiger partial charge in [0.05, 0.1) is 12.5 Å². The SMILES string of the molecule is CCCCOCCNC(=O)C(CC)/C(N)=N/O. The van der Waals surface area contributed by atoms with Crippen molar-refractivity contribution in [1.82, 2.24) is 5.32 Å². The lowest BCUT2D eigenvalue weighted by Gasteiger charge is -2.13. The number of nitrogens with one attached hydrogen (secondary N) is 1. The topological polar surface area (TPSA) is 96.9 Å². The monoisotopic (exact) mass is 245 g/mol. The lowest BCUT2D eigenvalue weighted by Crippen LogP contribution is -2.39. The second-order valence-electron chi connectivity index (χ2n) is 3.74. The van der Waals surface area contributed by atoms with Crippen LogP contribution in [0.3, 0.4) is 0 Å². The molecule has 0 aliphatic carbocycles. The van der Waals surface area contributed by atoms with E-state index in [1.54, 1.807) is 6.92 Å². The molecule has 0 saturated carbocycles. The van der Waals surface area contributed by atoms with Crippen molar-refractivity contribution < 1.29 is 14.7 Å². The van der Waals surface area contributed by atoms with E-state index in [0.29, 0.717) is 26.2 Å². The van der Waals surface area contributed by atoms with Gasteiger partial charge in [-0.2, -0.15) is 0 Å². The zero-order valence-corrected chi connectivity index (χ0v) is 10.6. The van der Waals surface area contributed by atoms with E-state index in [1.807, 2.05) is 0 Å². The van der Waals surface area contributed by atoms with E-state index in [2.05, 4.69) is 17.4 Å². The van der Waals surface area contributed by atoms with E-state index in [1.165, 1.54) is 0 Å². The van der Waals surface area contributed by atoms with E-state index in [0.717, 1.165) is 12.8 Å². The summed E-state index contributed by atoms with van der Waals surface area (Å²) in [5.41, 5.74) is 5.41. The van der Waals surface area contributed by atoms with Crippen LogP contribution in [0.2, 0.25) is 0 Å². The molecule has 100 valence electrons. The number of hydrogen-bond donors (Lipinski definition) is 3. The second kappa shape index (κ2) is 9.89. The number of nitrogens with two attached hydrogens (primary N) is 1. The number of carbonyl (C=O) groups excluding carboxylic acids is 1. The Hall–Kier alpha value is -1.30. The lowest BCUT2D eigenvalue weighted by molar-refractivity contribution is -0.123. The Balaban J connectivity index is 3.77. The summed E-state index contributed by atoms with van der Waals surface area (Å²) < 4.78 is 5.30. The summed E-state index contributed by atoms with van der Waals surface area (Å²) in [4.78, 5) is 11.6. The molecular formula is C11H23N3O3. The minimum atomic E-state index is -0.573. The maximum atomic E-state index is 11.6. The molecule has 1 unspecified atom stereocenters. The number of rotatable bonds is 9. The van der Waals surface area contributed by atoms with Gasteiger partial charge >= 0.3 is 0 Å². The van der Waals surface area contributed by atoms with Crippen molar-refractivity contribution in [2.75, 3.05) is 19.8 Å². The van der Waals surface area contributed by atoms with E-state index in [4.69, 9.17) is 15.7 Å². The standard InChI is InChI=1S/C11H23N3O3/c1-3-5-7-17-8-6-13-11(15)9(4-2)10(12)14-16/h9,16H,3-8H2,1-2H3,(H2,12,14)(H,13,15).